The number of nitrogens with zero attached hydrogens (tertiary/aromatic N) is 1. The van der Waals surface area contributed by atoms with Crippen LogP contribution < -0.4 is 4.74 Å². The molecule has 0 spiro atoms. The third-order valence-corrected chi connectivity index (χ3v) is 3.42. The number of aryl methyl sites for hydroxylation is 1. The van der Waals surface area contributed by atoms with Crippen molar-refractivity contribution in [2.75, 3.05) is 12.9 Å². The van der Waals surface area contributed by atoms with E-state index in [1.807, 2.05) is 31.2 Å². The molecular formula is C13H14N2O3S. The van der Waals surface area contributed by atoms with E-state index in [1.165, 1.54) is 11.8 Å². The van der Waals surface area contributed by atoms with Gasteiger partial charge in [-0.25, -0.2) is 4.98 Å². The molecule has 1 aromatic heterocycles. The van der Waals surface area contributed by atoms with Crippen molar-refractivity contribution in [3.8, 4) is 17.0 Å². The minimum absolute atomic E-state index is 0.00495. The number of aromatic nitrogens is 2. The molecule has 5 nitrogen and oxygen atoms in total. The zero-order valence-corrected chi connectivity index (χ0v) is 11.5. The molecule has 0 amide bonds. The molecule has 0 unspecified atom stereocenters. The number of benzene rings is 1. The molecule has 2 N–H and O–H groups in total. The summed E-state index contributed by atoms with van der Waals surface area (Å²) in [5.74, 6) is -0.0721. The summed E-state index contributed by atoms with van der Waals surface area (Å²) in [7, 11) is 1.62. The van der Waals surface area contributed by atoms with E-state index in [0.717, 1.165) is 22.7 Å². The molecule has 1 aromatic carbocycles. The Kier molecular flexibility index (Phi) is 4.11. The number of H-pyrrole nitrogens is 1. The average Bonchev–Trinajstić information content (AvgIpc) is 2.78. The SMILES string of the molecule is COc1ccc(-c2nc(SCC(=O)O)[nH]c2C)cc1. The Hall–Kier alpha value is -1.95. The predicted octanol–water partition coefficient (Wildman–Crippen LogP) is 2.57. The Bertz CT molecular complexity index is 578. The maximum absolute atomic E-state index is 10.5. The van der Waals surface area contributed by atoms with Crippen molar-refractivity contribution in [2.24, 2.45) is 0 Å². The number of hydrogen-bond donors (Lipinski definition) is 2. The first-order chi connectivity index (χ1) is 9.10. The number of carbonyl (C=O) groups is 1. The van der Waals surface area contributed by atoms with Gasteiger partial charge in [-0.1, -0.05) is 11.8 Å². The monoisotopic (exact) mass is 278 g/mol. The lowest BCUT2D eigenvalue weighted by Gasteiger charge is -2.01. The van der Waals surface area contributed by atoms with Crippen LogP contribution in [0.2, 0.25) is 0 Å². The molecule has 0 radical (unpaired) electrons. The van der Waals surface area contributed by atoms with E-state index in [1.54, 1.807) is 7.11 Å². The number of ether oxygens (including phenoxy) is 1. The van der Waals surface area contributed by atoms with Crippen LogP contribution in [0.1, 0.15) is 5.69 Å². The lowest BCUT2D eigenvalue weighted by molar-refractivity contribution is -0.133. The standard InChI is InChI=1S/C13H14N2O3S/c1-8-12(9-3-5-10(18-2)6-4-9)15-13(14-8)19-7-11(16)17/h3-6H,7H2,1-2H3,(H,14,15)(H,16,17). The maximum Gasteiger partial charge on any atom is 0.313 e. The van der Waals surface area contributed by atoms with Crippen LogP contribution in [0.25, 0.3) is 11.3 Å². The van der Waals surface area contributed by atoms with Crippen molar-refractivity contribution >= 4 is 17.7 Å². The van der Waals surface area contributed by atoms with Gasteiger partial charge in [-0.3, -0.25) is 4.79 Å². The Balaban J connectivity index is 2.21. The van der Waals surface area contributed by atoms with Gasteiger partial charge in [-0.15, -0.1) is 0 Å². The fourth-order valence-corrected chi connectivity index (χ4v) is 2.30. The zero-order valence-electron chi connectivity index (χ0n) is 10.6. The maximum atomic E-state index is 10.5. The second-order valence-electron chi connectivity index (χ2n) is 3.93. The number of hydrogen-bond acceptors (Lipinski definition) is 4. The first-order valence-corrected chi connectivity index (χ1v) is 6.64. The van der Waals surface area contributed by atoms with E-state index < -0.39 is 5.97 Å². The summed E-state index contributed by atoms with van der Waals surface area (Å²) in [5, 5.41) is 9.27. The van der Waals surface area contributed by atoms with Crippen molar-refractivity contribution in [1.82, 2.24) is 9.97 Å². The summed E-state index contributed by atoms with van der Waals surface area (Å²) in [6.07, 6.45) is 0. The third kappa shape index (κ3) is 3.29. The highest BCUT2D eigenvalue weighted by atomic mass is 32.2. The highest BCUT2D eigenvalue weighted by Gasteiger charge is 2.10. The highest BCUT2D eigenvalue weighted by Crippen LogP contribution is 2.26. The summed E-state index contributed by atoms with van der Waals surface area (Å²) in [5.41, 5.74) is 2.71. The Morgan fingerprint density at radius 3 is 2.68 bits per heavy atom. The number of nitrogens with one attached hydrogen (secondary N) is 1. The lowest BCUT2D eigenvalue weighted by Crippen LogP contribution is -1.97. The number of rotatable bonds is 5. The number of aromatic amines is 1. The van der Waals surface area contributed by atoms with E-state index in [9.17, 15) is 4.79 Å². The van der Waals surface area contributed by atoms with Crippen LogP contribution >= 0.6 is 11.8 Å². The second kappa shape index (κ2) is 5.79. The van der Waals surface area contributed by atoms with E-state index in [4.69, 9.17) is 9.84 Å². The van der Waals surface area contributed by atoms with E-state index >= 15 is 0 Å². The van der Waals surface area contributed by atoms with Crippen LogP contribution in [0.15, 0.2) is 29.4 Å². The van der Waals surface area contributed by atoms with Crippen LogP contribution in [0.5, 0.6) is 5.75 Å². The van der Waals surface area contributed by atoms with Crippen LogP contribution in [-0.2, 0) is 4.79 Å². The summed E-state index contributed by atoms with van der Waals surface area (Å²) in [6.45, 7) is 1.91. The summed E-state index contributed by atoms with van der Waals surface area (Å²) < 4.78 is 5.11. The number of thioether (sulfide) groups is 1. The van der Waals surface area contributed by atoms with Crippen LogP contribution in [0.3, 0.4) is 0 Å². The Morgan fingerprint density at radius 2 is 2.11 bits per heavy atom. The Labute approximate surface area is 115 Å². The minimum atomic E-state index is -0.856. The van der Waals surface area contributed by atoms with Gasteiger partial charge in [0, 0.05) is 11.3 Å². The van der Waals surface area contributed by atoms with Crippen molar-refractivity contribution in [3.63, 3.8) is 0 Å². The Morgan fingerprint density at radius 1 is 1.42 bits per heavy atom. The summed E-state index contributed by atoms with van der Waals surface area (Å²) in [6, 6.07) is 7.59. The molecule has 0 atom stereocenters. The smallest absolute Gasteiger partial charge is 0.313 e. The topological polar surface area (TPSA) is 75.2 Å². The molecular weight excluding hydrogens is 264 g/mol. The molecule has 19 heavy (non-hydrogen) atoms. The number of aliphatic carboxylic acids is 1. The zero-order chi connectivity index (χ0) is 13.8. The van der Waals surface area contributed by atoms with Gasteiger partial charge >= 0.3 is 5.97 Å². The molecule has 0 saturated carbocycles. The molecule has 6 heteroatoms. The van der Waals surface area contributed by atoms with Gasteiger partial charge < -0.3 is 14.8 Å². The van der Waals surface area contributed by atoms with Crippen LogP contribution in [-0.4, -0.2) is 33.9 Å². The first kappa shape index (κ1) is 13.5. The molecule has 0 bridgehead atoms. The number of carboxylic acids is 1. The summed E-state index contributed by atoms with van der Waals surface area (Å²) in [4.78, 5) is 18.0. The third-order valence-electron chi connectivity index (χ3n) is 2.56. The molecule has 0 aliphatic rings. The lowest BCUT2D eigenvalue weighted by atomic mass is 10.1. The van der Waals surface area contributed by atoms with Gasteiger partial charge in [0.05, 0.1) is 18.6 Å². The van der Waals surface area contributed by atoms with Gasteiger partial charge in [-0.2, -0.15) is 0 Å². The normalized spacial score (nSPS) is 10.4. The molecule has 1 heterocycles. The molecule has 0 fully saturated rings. The van der Waals surface area contributed by atoms with Crippen LogP contribution in [0, 0.1) is 6.92 Å². The summed E-state index contributed by atoms with van der Waals surface area (Å²) >= 11 is 1.17. The quantitative estimate of drug-likeness (QED) is 0.822. The van der Waals surface area contributed by atoms with E-state index in [0.29, 0.717) is 5.16 Å². The molecule has 2 rings (SSSR count). The van der Waals surface area contributed by atoms with Gasteiger partial charge in [-0.05, 0) is 31.2 Å². The van der Waals surface area contributed by atoms with Crippen LogP contribution in [0.4, 0.5) is 0 Å². The van der Waals surface area contributed by atoms with Crippen molar-refractivity contribution in [3.05, 3.63) is 30.0 Å². The van der Waals surface area contributed by atoms with E-state index in [-0.39, 0.29) is 5.75 Å². The molecule has 0 aliphatic heterocycles. The van der Waals surface area contributed by atoms with Crippen molar-refractivity contribution in [1.29, 1.82) is 0 Å². The fraction of sp³-hybridized carbons (Fsp3) is 0.231. The molecule has 2 aromatic rings. The molecule has 100 valence electrons. The largest absolute Gasteiger partial charge is 0.497 e. The van der Waals surface area contributed by atoms with Gasteiger partial charge in [0.2, 0.25) is 0 Å². The number of methoxy groups -OCH3 is 1. The number of imidazole rings is 1. The number of carboxylic acid groups (broad SMARTS) is 1. The van der Waals surface area contributed by atoms with Gasteiger partial charge in [0.1, 0.15) is 5.75 Å². The van der Waals surface area contributed by atoms with Crippen molar-refractivity contribution < 1.29 is 14.6 Å². The average molecular weight is 278 g/mol. The predicted molar refractivity (Wildman–Crippen MR) is 73.7 cm³/mol. The molecule has 0 saturated heterocycles. The highest BCUT2D eigenvalue weighted by molar-refractivity contribution is 7.99. The van der Waals surface area contributed by atoms with Gasteiger partial charge in [0.25, 0.3) is 0 Å². The minimum Gasteiger partial charge on any atom is -0.497 e. The van der Waals surface area contributed by atoms with Gasteiger partial charge in [0.15, 0.2) is 5.16 Å². The fourth-order valence-electron chi connectivity index (χ4n) is 1.66. The van der Waals surface area contributed by atoms with E-state index in [2.05, 4.69) is 9.97 Å². The second-order valence-corrected chi connectivity index (χ2v) is 4.89. The van der Waals surface area contributed by atoms with Crippen molar-refractivity contribution in [2.45, 2.75) is 12.1 Å². The first-order valence-electron chi connectivity index (χ1n) is 5.66. The molecule has 0 aliphatic carbocycles.